The van der Waals surface area contributed by atoms with Gasteiger partial charge in [-0.1, -0.05) is 97.1 Å². The zero-order chi connectivity index (χ0) is 26.9. The molecular formula is C38H24N2O. The van der Waals surface area contributed by atoms with Gasteiger partial charge >= 0.3 is 0 Å². The van der Waals surface area contributed by atoms with Gasteiger partial charge in [-0.3, -0.25) is 4.98 Å². The van der Waals surface area contributed by atoms with Crippen molar-refractivity contribution in [2.45, 2.75) is 12.8 Å². The van der Waals surface area contributed by atoms with Crippen molar-refractivity contribution >= 4 is 60.4 Å². The number of para-hydroxylation sites is 1. The molecule has 0 amide bonds. The number of nitrogens with zero attached hydrogens (tertiary/aromatic N) is 2. The molecule has 2 aromatic heterocycles. The van der Waals surface area contributed by atoms with Gasteiger partial charge in [-0.05, 0) is 58.2 Å². The number of aromatic nitrogens is 2. The summed E-state index contributed by atoms with van der Waals surface area (Å²) in [5, 5.41) is 8.25. The summed E-state index contributed by atoms with van der Waals surface area (Å²) in [5.41, 5.74) is 8.37. The molecule has 0 unspecified atom stereocenters. The van der Waals surface area contributed by atoms with Crippen LogP contribution in [0.1, 0.15) is 17.7 Å². The Labute approximate surface area is 236 Å². The second-order valence-electron chi connectivity index (χ2n) is 10.9. The van der Waals surface area contributed by atoms with E-state index in [0.29, 0.717) is 0 Å². The van der Waals surface area contributed by atoms with Crippen LogP contribution in [0.4, 0.5) is 0 Å². The van der Waals surface area contributed by atoms with Gasteiger partial charge in [0, 0.05) is 32.8 Å². The summed E-state index contributed by atoms with van der Waals surface area (Å²) in [7, 11) is 0. The van der Waals surface area contributed by atoms with Crippen LogP contribution in [0, 0.1) is 0 Å². The summed E-state index contributed by atoms with van der Waals surface area (Å²) in [6.07, 6.45) is 8.32. The molecule has 8 aromatic rings. The van der Waals surface area contributed by atoms with E-state index in [-0.39, 0.29) is 0 Å². The normalized spacial score (nSPS) is 13.1. The minimum atomic E-state index is 0.873. The van der Waals surface area contributed by atoms with Crippen molar-refractivity contribution in [3.8, 4) is 22.4 Å². The van der Waals surface area contributed by atoms with Gasteiger partial charge in [0.25, 0.3) is 0 Å². The molecule has 192 valence electrons. The van der Waals surface area contributed by atoms with Crippen molar-refractivity contribution < 1.29 is 4.42 Å². The molecule has 0 N–H and O–H groups in total. The largest absolute Gasteiger partial charge is 0.456 e. The first-order chi connectivity index (χ1) is 20.3. The fraction of sp³-hybridized carbons (Fsp3) is 0.0526. The Morgan fingerprint density at radius 1 is 0.610 bits per heavy atom. The number of allylic oxidation sites excluding steroid dienone is 1. The van der Waals surface area contributed by atoms with Crippen molar-refractivity contribution in [1.82, 2.24) is 9.97 Å². The van der Waals surface area contributed by atoms with Crippen molar-refractivity contribution in [3.63, 3.8) is 0 Å². The lowest BCUT2D eigenvalue weighted by Crippen LogP contribution is -1.92. The maximum atomic E-state index is 6.38. The molecule has 6 aromatic carbocycles. The molecule has 1 aliphatic carbocycles. The van der Waals surface area contributed by atoms with E-state index in [4.69, 9.17) is 14.4 Å². The summed E-state index contributed by atoms with van der Waals surface area (Å²) < 4.78 is 6.38. The highest BCUT2D eigenvalue weighted by Gasteiger charge is 2.18. The Kier molecular flexibility index (Phi) is 4.73. The van der Waals surface area contributed by atoms with Crippen LogP contribution >= 0.6 is 0 Å². The van der Waals surface area contributed by atoms with Gasteiger partial charge in [-0.2, -0.15) is 0 Å². The molecule has 0 aliphatic heterocycles. The van der Waals surface area contributed by atoms with Gasteiger partial charge < -0.3 is 4.42 Å². The lowest BCUT2D eigenvalue weighted by atomic mass is 9.96. The maximum absolute atomic E-state index is 6.38. The zero-order valence-corrected chi connectivity index (χ0v) is 22.3. The summed E-state index contributed by atoms with van der Waals surface area (Å²) in [6.45, 7) is 0. The average molecular weight is 525 g/mol. The number of furan rings is 1. The minimum absolute atomic E-state index is 0.873. The topological polar surface area (TPSA) is 38.9 Å². The predicted molar refractivity (Wildman–Crippen MR) is 170 cm³/mol. The van der Waals surface area contributed by atoms with Crippen LogP contribution in [0.2, 0.25) is 0 Å². The van der Waals surface area contributed by atoms with Crippen LogP contribution in [0.25, 0.3) is 82.8 Å². The van der Waals surface area contributed by atoms with E-state index in [9.17, 15) is 0 Å². The third kappa shape index (κ3) is 3.39. The van der Waals surface area contributed by atoms with Crippen LogP contribution < -0.4 is 0 Å². The Bertz CT molecular complexity index is 2340. The lowest BCUT2D eigenvalue weighted by molar-refractivity contribution is 0.596. The molecule has 0 bridgehead atoms. The second-order valence-corrected chi connectivity index (χ2v) is 10.9. The van der Waals surface area contributed by atoms with Gasteiger partial charge in [0.05, 0.1) is 22.9 Å². The fourth-order valence-electron chi connectivity index (χ4n) is 6.56. The molecule has 0 spiro atoms. The predicted octanol–water partition coefficient (Wildman–Crippen LogP) is 10.1. The summed E-state index contributed by atoms with van der Waals surface area (Å²) >= 11 is 0. The van der Waals surface area contributed by atoms with E-state index in [2.05, 4.69) is 115 Å². The SMILES string of the molecule is C1=Cc2oc3c(-c4ccc5ccc(-c6cnc7c8ccccc8c8ccccc8c7n6)cc5c4)cccc3c2CC1. The smallest absolute Gasteiger partial charge is 0.142 e. The first-order valence-corrected chi connectivity index (χ1v) is 14.1. The van der Waals surface area contributed by atoms with Gasteiger partial charge in [0.2, 0.25) is 0 Å². The van der Waals surface area contributed by atoms with Gasteiger partial charge in [-0.25, -0.2) is 4.98 Å². The van der Waals surface area contributed by atoms with Gasteiger partial charge in [0.15, 0.2) is 0 Å². The highest BCUT2D eigenvalue weighted by atomic mass is 16.3. The summed E-state index contributed by atoms with van der Waals surface area (Å²) in [5.74, 6) is 0.997. The number of aryl methyl sites for hydroxylation is 1. The van der Waals surface area contributed by atoms with Crippen LogP contribution in [0.3, 0.4) is 0 Å². The Hall–Kier alpha value is -5.28. The van der Waals surface area contributed by atoms with E-state index < -0.39 is 0 Å². The Balaban J connectivity index is 1.21. The molecule has 9 rings (SSSR count). The number of fused-ring (bicyclic) bond motifs is 10. The standard InChI is InChI=1S/C38H24N2O/c1-3-11-31-28(8-1)29-9-2-4-12-32(29)37-36(31)39-22-34(40-37)25-19-17-23-16-18-24(20-26(23)21-25)27-13-7-14-33-30-10-5-6-15-35(30)41-38(27)33/h1-4,6-9,11-22H,5,10H2. The van der Waals surface area contributed by atoms with Crippen LogP contribution in [-0.2, 0) is 6.42 Å². The number of hydrogen-bond donors (Lipinski definition) is 0. The first kappa shape index (κ1) is 22.5. The Morgan fingerprint density at radius 2 is 1.32 bits per heavy atom. The fourth-order valence-corrected chi connectivity index (χ4v) is 6.56. The van der Waals surface area contributed by atoms with Gasteiger partial charge in [0.1, 0.15) is 11.3 Å². The highest BCUT2D eigenvalue weighted by molar-refractivity contribution is 6.23. The van der Waals surface area contributed by atoms with Crippen molar-refractivity contribution in [1.29, 1.82) is 0 Å². The van der Waals surface area contributed by atoms with E-state index in [1.165, 1.54) is 32.5 Å². The second kappa shape index (κ2) is 8.61. The van der Waals surface area contributed by atoms with Crippen LogP contribution in [0.5, 0.6) is 0 Å². The summed E-state index contributed by atoms with van der Waals surface area (Å²) in [6, 6.07) is 36.7. The van der Waals surface area contributed by atoms with E-state index in [1.807, 2.05) is 6.20 Å². The molecule has 2 heterocycles. The van der Waals surface area contributed by atoms with Gasteiger partial charge in [-0.15, -0.1) is 0 Å². The van der Waals surface area contributed by atoms with E-state index >= 15 is 0 Å². The highest BCUT2D eigenvalue weighted by Crippen LogP contribution is 2.38. The van der Waals surface area contributed by atoms with Crippen LogP contribution in [0.15, 0.2) is 120 Å². The molecular weight excluding hydrogens is 500 g/mol. The molecule has 3 nitrogen and oxygen atoms in total. The molecule has 0 fully saturated rings. The van der Waals surface area contributed by atoms with Crippen molar-refractivity contribution in [3.05, 3.63) is 127 Å². The molecule has 41 heavy (non-hydrogen) atoms. The third-order valence-electron chi connectivity index (χ3n) is 8.55. The number of benzene rings is 6. The van der Waals surface area contributed by atoms with Crippen molar-refractivity contribution in [2.75, 3.05) is 0 Å². The van der Waals surface area contributed by atoms with E-state index in [1.54, 1.807) is 0 Å². The molecule has 0 radical (unpaired) electrons. The number of rotatable bonds is 2. The minimum Gasteiger partial charge on any atom is -0.456 e. The molecule has 0 saturated carbocycles. The lowest BCUT2D eigenvalue weighted by Gasteiger charge is -2.11. The molecule has 0 atom stereocenters. The van der Waals surface area contributed by atoms with Crippen molar-refractivity contribution in [2.24, 2.45) is 0 Å². The first-order valence-electron chi connectivity index (χ1n) is 14.1. The van der Waals surface area contributed by atoms with E-state index in [0.717, 1.165) is 68.4 Å². The third-order valence-corrected chi connectivity index (χ3v) is 8.55. The molecule has 0 saturated heterocycles. The Morgan fingerprint density at radius 3 is 2.15 bits per heavy atom. The average Bonchev–Trinajstić information content (AvgIpc) is 3.43. The summed E-state index contributed by atoms with van der Waals surface area (Å²) in [4.78, 5) is 10.2. The van der Waals surface area contributed by atoms with Crippen LogP contribution in [-0.4, -0.2) is 9.97 Å². The number of hydrogen-bond acceptors (Lipinski definition) is 3. The maximum Gasteiger partial charge on any atom is 0.142 e. The monoisotopic (exact) mass is 524 g/mol. The molecule has 1 aliphatic rings. The zero-order valence-electron chi connectivity index (χ0n) is 22.3. The quantitative estimate of drug-likeness (QED) is 0.211. The molecule has 3 heteroatoms.